The van der Waals surface area contributed by atoms with Crippen LogP contribution in [0.3, 0.4) is 0 Å². The van der Waals surface area contributed by atoms with Crippen LogP contribution < -0.4 is 0 Å². The molecule has 0 aliphatic carbocycles. The van der Waals surface area contributed by atoms with Gasteiger partial charge < -0.3 is 14.7 Å². The molecule has 6 heteroatoms. The van der Waals surface area contributed by atoms with Gasteiger partial charge in [-0.1, -0.05) is 18.2 Å². The molecule has 0 spiro atoms. The molecular weight excluding hydrogens is 277 g/mol. The third kappa shape index (κ3) is 2.90. The Balaban J connectivity index is 2.58. The van der Waals surface area contributed by atoms with Crippen molar-refractivity contribution in [3.05, 3.63) is 35.6 Å². The van der Waals surface area contributed by atoms with Gasteiger partial charge in [0.25, 0.3) is 0 Å². The number of amides is 1. The van der Waals surface area contributed by atoms with Gasteiger partial charge in [0.15, 0.2) is 6.10 Å². The first-order valence-electron chi connectivity index (χ1n) is 6.64. The number of halogens is 1. The number of rotatable bonds is 2. The molecule has 114 valence electrons. The average molecular weight is 295 g/mol. The number of nitrogens with zero attached hydrogens (tertiary/aromatic N) is 1. The van der Waals surface area contributed by atoms with Gasteiger partial charge in [-0.2, -0.15) is 0 Å². The fourth-order valence-electron chi connectivity index (χ4n) is 2.63. The minimum Gasteiger partial charge on any atom is -0.479 e. The minimum absolute atomic E-state index is 0.146. The van der Waals surface area contributed by atoms with E-state index in [4.69, 9.17) is 4.74 Å². The van der Waals surface area contributed by atoms with Crippen LogP contribution in [0.25, 0.3) is 0 Å². The maximum Gasteiger partial charge on any atom is 0.335 e. The van der Waals surface area contributed by atoms with E-state index in [2.05, 4.69) is 0 Å². The van der Waals surface area contributed by atoms with E-state index in [-0.39, 0.29) is 18.1 Å². The quantitative estimate of drug-likeness (QED) is 0.906. The summed E-state index contributed by atoms with van der Waals surface area (Å²) in [5.41, 5.74) is -0.505. The number of ether oxygens (including phenoxy) is 1. The van der Waals surface area contributed by atoms with E-state index >= 15 is 0 Å². The van der Waals surface area contributed by atoms with E-state index in [1.165, 1.54) is 23.1 Å². The first-order chi connectivity index (χ1) is 9.73. The Hall–Kier alpha value is -1.95. The highest BCUT2D eigenvalue weighted by atomic mass is 19.1. The van der Waals surface area contributed by atoms with E-state index in [1.54, 1.807) is 26.8 Å². The first kappa shape index (κ1) is 15.4. The summed E-state index contributed by atoms with van der Waals surface area (Å²) in [5.74, 6) is -2.13. The number of aliphatic carboxylic acids is 1. The molecule has 0 saturated carbocycles. The van der Waals surface area contributed by atoms with Gasteiger partial charge in [0.2, 0.25) is 5.91 Å². The van der Waals surface area contributed by atoms with Crippen molar-refractivity contribution in [3.8, 4) is 0 Å². The van der Waals surface area contributed by atoms with Gasteiger partial charge in [-0.3, -0.25) is 4.79 Å². The molecule has 21 heavy (non-hydrogen) atoms. The number of benzene rings is 1. The number of morpholine rings is 1. The molecule has 0 aromatic heterocycles. The fourth-order valence-corrected chi connectivity index (χ4v) is 2.63. The van der Waals surface area contributed by atoms with Gasteiger partial charge in [0.1, 0.15) is 12.4 Å². The average Bonchev–Trinajstić information content (AvgIpc) is 2.37. The maximum atomic E-state index is 14.1. The standard InChI is InChI=1S/C15H18FNO4/c1-15(2,3)17-11(18)8-21-13(14(19)20)12(17)9-6-4-5-7-10(9)16/h4-7,12-13H,8H2,1-3H3,(H,19,20). The molecule has 2 unspecified atom stereocenters. The fraction of sp³-hybridized carbons (Fsp3) is 0.467. The second-order valence-corrected chi connectivity index (χ2v) is 5.97. The second kappa shape index (κ2) is 5.44. The van der Waals surface area contributed by atoms with Crippen LogP contribution in [0.2, 0.25) is 0 Å². The van der Waals surface area contributed by atoms with Crippen molar-refractivity contribution in [2.75, 3.05) is 6.61 Å². The molecule has 1 fully saturated rings. The van der Waals surface area contributed by atoms with Crippen LogP contribution in [0, 0.1) is 5.82 Å². The van der Waals surface area contributed by atoms with E-state index in [9.17, 15) is 19.1 Å². The zero-order valence-corrected chi connectivity index (χ0v) is 12.2. The van der Waals surface area contributed by atoms with Gasteiger partial charge in [0, 0.05) is 11.1 Å². The minimum atomic E-state index is -1.29. The van der Waals surface area contributed by atoms with Gasteiger partial charge in [-0.25, -0.2) is 9.18 Å². The Labute approximate surface area is 122 Å². The van der Waals surface area contributed by atoms with Crippen LogP contribution in [-0.4, -0.2) is 40.1 Å². The first-order valence-corrected chi connectivity index (χ1v) is 6.64. The molecule has 1 saturated heterocycles. The molecule has 5 nitrogen and oxygen atoms in total. The van der Waals surface area contributed by atoms with Gasteiger partial charge in [-0.05, 0) is 26.8 Å². The maximum absolute atomic E-state index is 14.1. The van der Waals surface area contributed by atoms with Crippen molar-refractivity contribution >= 4 is 11.9 Å². The van der Waals surface area contributed by atoms with Crippen LogP contribution in [0.1, 0.15) is 32.4 Å². The molecule has 1 aliphatic rings. The highest BCUT2D eigenvalue weighted by Crippen LogP contribution is 2.36. The lowest BCUT2D eigenvalue weighted by Gasteiger charge is -2.46. The third-order valence-electron chi connectivity index (χ3n) is 3.41. The van der Waals surface area contributed by atoms with E-state index in [0.717, 1.165) is 0 Å². The van der Waals surface area contributed by atoms with Crippen molar-refractivity contribution < 1.29 is 23.8 Å². The number of hydrogen-bond donors (Lipinski definition) is 1. The monoisotopic (exact) mass is 295 g/mol. The van der Waals surface area contributed by atoms with Gasteiger partial charge >= 0.3 is 5.97 Å². The van der Waals surface area contributed by atoms with Crippen LogP contribution in [0.4, 0.5) is 4.39 Å². The number of carbonyl (C=O) groups is 2. The highest BCUT2D eigenvalue weighted by molar-refractivity contribution is 5.83. The van der Waals surface area contributed by atoms with Gasteiger partial charge in [0.05, 0.1) is 6.04 Å². The SMILES string of the molecule is CC(C)(C)N1C(=O)COC(C(=O)O)C1c1ccccc1F. The smallest absolute Gasteiger partial charge is 0.335 e. The van der Waals surface area contributed by atoms with Gasteiger partial charge in [-0.15, -0.1) is 0 Å². The number of carbonyl (C=O) groups excluding carboxylic acids is 1. The molecule has 1 aromatic carbocycles. The van der Waals surface area contributed by atoms with Crippen LogP contribution >= 0.6 is 0 Å². The molecule has 0 bridgehead atoms. The van der Waals surface area contributed by atoms with Crippen LogP contribution in [0.5, 0.6) is 0 Å². The predicted octanol–water partition coefficient (Wildman–Crippen LogP) is 1.98. The summed E-state index contributed by atoms with van der Waals surface area (Å²) in [6.45, 7) is 5.02. The van der Waals surface area contributed by atoms with Crippen molar-refractivity contribution in [2.45, 2.75) is 38.5 Å². The Morgan fingerprint density at radius 3 is 2.52 bits per heavy atom. The Morgan fingerprint density at radius 2 is 2.00 bits per heavy atom. The number of carboxylic acid groups (broad SMARTS) is 1. The molecule has 1 N–H and O–H groups in total. The molecule has 2 rings (SSSR count). The van der Waals surface area contributed by atoms with Crippen molar-refractivity contribution in [2.24, 2.45) is 0 Å². The van der Waals surface area contributed by atoms with Crippen LogP contribution in [-0.2, 0) is 14.3 Å². The number of carboxylic acids is 1. The van der Waals surface area contributed by atoms with Crippen LogP contribution in [0.15, 0.2) is 24.3 Å². The Kier molecular flexibility index (Phi) is 4.00. The molecule has 1 heterocycles. The predicted molar refractivity (Wildman–Crippen MR) is 73.1 cm³/mol. The third-order valence-corrected chi connectivity index (χ3v) is 3.41. The normalized spacial score (nSPS) is 23.2. The largest absolute Gasteiger partial charge is 0.479 e. The lowest BCUT2D eigenvalue weighted by atomic mass is 9.92. The summed E-state index contributed by atoms with van der Waals surface area (Å²) in [6.07, 6.45) is -1.29. The Morgan fingerprint density at radius 1 is 1.38 bits per heavy atom. The molecule has 0 radical (unpaired) electrons. The molecule has 1 aromatic rings. The van der Waals surface area contributed by atoms with Crippen molar-refractivity contribution in [1.29, 1.82) is 0 Å². The summed E-state index contributed by atoms with van der Waals surface area (Å²) in [4.78, 5) is 25.0. The second-order valence-electron chi connectivity index (χ2n) is 5.97. The zero-order chi connectivity index (χ0) is 15.8. The van der Waals surface area contributed by atoms with E-state index in [1.807, 2.05) is 0 Å². The molecule has 2 atom stereocenters. The molecular formula is C15H18FNO4. The number of hydrogen-bond acceptors (Lipinski definition) is 3. The van der Waals surface area contributed by atoms with E-state index < -0.39 is 29.5 Å². The van der Waals surface area contributed by atoms with Crippen molar-refractivity contribution in [1.82, 2.24) is 4.90 Å². The summed E-state index contributed by atoms with van der Waals surface area (Å²) < 4.78 is 19.3. The Bertz CT molecular complexity index is 567. The molecule has 1 aliphatic heterocycles. The summed E-state index contributed by atoms with van der Waals surface area (Å²) in [6, 6.07) is 4.86. The molecule has 1 amide bonds. The highest BCUT2D eigenvalue weighted by Gasteiger charge is 2.46. The lowest BCUT2D eigenvalue weighted by molar-refractivity contribution is -0.179. The summed E-state index contributed by atoms with van der Waals surface area (Å²) in [7, 11) is 0. The van der Waals surface area contributed by atoms with E-state index in [0.29, 0.717) is 0 Å². The van der Waals surface area contributed by atoms with Crippen molar-refractivity contribution in [3.63, 3.8) is 0 Å². The zero-order valence-electron chi connectivity index (χ0n) is 12.2. The topological polar surface area (TPSA) is 66.8 Å². The summed E-state index contributed by atoms with van der Waals surface area (Å²) in [5, 5.41) is 9.35. The lowest BCUT2D eigenvalue weighted by Crippen LogP contribution is -2.58. The summed E-state index contributed by atoms with van der Waals surface area (Å²) >= 11 is 0.